The highest BCUT2D eigenvalue weighted by atomic mass is 79.9. The summed E-state index contributed by atoms with van der Waals surface area (Å²) in [4.78, 5) is 11.3. The summed E-state index contributed by atoms with van der Waals surface area (Å²) >= 11 is 2.90. The number of anilines is 1. The first-order valence-electron chi connectivity index (χ1n) is 4.63. The molecule has 6 heteroatoms. The van der Waals surface area contributed by atoms with Crippen molar-refractivity contribution in [2.75, 3.05) is 18.4 Å². The molecule has 1 rings (SSSR count). The van der Waals surface area contributed by atoms with Gasteiger partial charge in [-0.3, -0.25) is 10.1 Å². The van der Waals surface area contributed by atoms with Crippen LogP contribution in [0, 0.1) is 24.0 Å². The Labute approximate surface area is 106 Å². The molecular formula is C11H9BrF2N2O. The molecular weight excluding hydrogens is 294 g/mol. The molecule has 0 unspecified atom stereocenters. The fourth-order valence-corrected chi connectivity index (χ4v) is 1.40. The molecule has 0 aromatic heterocycles. The summed E-state index contributed by atoms with van der Waals surface area (Å²) in [6.07, 6.45) is 4.98. The molecule has 17 heavy (non-hydrogen) atoms. The number of hydrogen-bond acceptors (Lipinski definition) is 2. The molecule has 1 aromatic rings. The second-order valence-corrected chi connectivity index (χ2v) is 3.96. The van der Waals surface area contributed by atoms with Crippen LogP contribution in [-0.4, -0.2) is 19.0 Å². The largest absolute Gasteiger partial charge is 0.322 e. The van der Waals surface area contributed by atoms with Crippen molar-refractivity contribution in [2.45, 2.75) is 0 Å². The quantitative estimate of drug-likeness (QED) is 0.507. The van der Waals surface area contributed by atoms with E-state index in [0.29, 0.717) is 6.07 Å². The lowest BCUT2D eigenvalue weighted by atomic mass is 10.3. The van der Waals surface area contributed by atoms with Crippen LogP contribution >= 0.6 is 15.9 Å². The normalized spacial score (nSPS) is 9.76. The Balaban J connectivity index is 2.66. The van der Waals surface area contributed by atoms with Gasteiger partial charge in [-0.25, -0.2) is 8.78 Å². The molecule has 0 aliphatic carbocycles. The van der Waals surface area contributed by atoms with Gasteiger partial charge in [0.05, 0.1) is 23.2 Å². The van der Waals surface area contributed by atoms with Crippen molar-refractivity contribution in [3.63, 3.8) is 0 Å². The molecule has 0 bridgehead atoms. The van der Waals surface area contributed by atoms with Gasteiger partial charge < -0.3 is 5.32 Å². The first-order valence-corrected chi connectivity index (χ1v) is 5.42. The lowest BCUT2D eigenvalue weighted by molar-refractivity contribution is -0.115. The van der Waals surface area contributed by atoms with Crippen LogP contribution in [0.3, 0.4) is 0 Å². The molecule has 0 saturated carbocycles. The van der Waals surface area contributed by atoms with Gasteiger partial charge in [-0.05, 0) is 22.0 Å². The van der Waals surface area contributed by atoms with Gasteiger partial charge >= 0.3 is 0 Å². The number of carbonyl (C=O) groups is 1. The minimum absolute atomic E-state index is 0.0430. The Morgan fingerprint density at radius 3 is 2.76 bits per heavy atom. The molecule has 0 saturated heterocycles. The molecule has 3 nitrogen and oxygen atoms in total. The molecule has 90 valence electrons. The van der Waals surface area contributed by atoms with Gasteiger partial charge in [-0.2, -0.15) is 0 Å². The Hall–Kier alpha value is -1.45. The molecule has 0 heterocycles. The van der Waals surface area contributed by atoms with Crippen molar-refractivity contribution in [1.82, 2.24) is 5.32 Å². The number of benzene rings is 1. The summed E-state index contributed by atoms with van der Waals surface area (Å²) in [5.74, 6) is 0.264. The van der Waals surface area contributed by atoms with Crippen LogP contribution in [0.5, 0.6) is 0 Å². The SMILES string of the molecule is C#CCNCC(=O)Nc1cc(Br)c(F)cc1F. The molecule has 0 aliphatic heterocycles. The third-order valence-electron chi connectivity index (χ3n) is 1.80. The second-order valence-electron chi connectivity index (χ2n) is 3.10. The topological polar surface area (TPSA) is 41.1 Å². The third kappa shape index (κ3) is 4.13. The summed E-state index contributed by atoms with van der Waals surface area (Å²) in [5.41, 5.74) is -0.0919. The molecule has 0 atom stereocenters. The van der Waals surface area contributed by atoms with E-state index in [1.54, 1.807) is 0 Å². The van der Waals surface area contributed by atoms with Gasteiger partial charge in [0.25, 0.3) is 0 Å². The highest BCUT2D eigenvalue weighted by Gasteiger charge is 2.10. The van der Waals surface area contributed by atoms with Crippen LogP contribution in [-0.2, 0) is 4.79 Å². The van der Waals surface area contributed by atoms with Crippen LogP contribution in [0.4, 0.5) is 14.5 Å². The van der Waals surface area contributed by atoms with Crippen LogP contribution in [0.15, 0.2) is 16.6 Å². The van der Waals surface area contributed by atoms with Crippen molar-refractivity contribution in [3.8, 4) is 12.3 Å². The number of terminal acetylenes is 1. The average molecular weight is 303 g/mol. The predicted molar refractivity (Wildman–Crippen MR) is 64.4 cm³/mol. The first-order chi connectivity index (χ1) is 8.04. The molecule has 1 amide bonds. The summed E-state index contributed by atoms with van der Waals surface area (Å²) < 4.78 is 26.2. The number of amides is 1. The summed E-state index contributed by atoms with van der Waals surface area (Å²) in [6, 6.07) is 1.85. The lowest BCUT2D eigenvalue weighted by Crippen LogP contribution is -2.28. The van der Waals surface area contributed by atoms with Crippen LogP contribution < -0.4 is 10.6 Å². The van der Waals surface area contributed by atoms with Gasteiger partial charge in [-0.1, -0.05) is 5.92 Å². The summed E-state index contributed by atoms with van der Waals surface area (Å²) in [6.45, 7) is 0.196. The highest BCUT2D eigenvalue weighted by Crippen LogP contribution is 2.23. The molecule has 0 radical (unpaired) electrons. The van der Waals surface area contributed by atoms with E-state index in [-0.39, 0.29) is 23.2 Å². The van der Waals surface area contributed by atoms with Crippen molar-refractivity contribution in [2.24, 2.45) is 0 Å². The molecule has 0 spiro atoms. The third-order valence-corrected chi connectivity index (χ3v) is 2.40. The van der Waals surface area contributed by atoms with Crippen LogP contribution in [0.1, 0.15) is 0 Å². The van der Waals surface area contributed by atoms with Gasteiger partial charge in [0.1, 0.15) is 11.6 Å². The van der Waals surface area contributed by atoms with E-state index in [4.69, 9.17) is 6.42 Å². The zero-order valence-electron chi connectivity index (χ0n) is 8.69. The average Bonchev–Trinajstić information content (AvgIpc) is 2.26. The zero-order valence-corrected chi connectivity index (χ0v) is 10.3. The zero-order chi connectivity index (χ0) is 12.8. The number of rotatable bonds is 4. The molecule has 0 aliphatic rings. The highest BCUT2D eigenvalue weighted by molar-refractivity contribution is 9.10. The van der Waals surface area contributed by atoms with Gasteiger partial charge in [0.15, 0.2) is 0 Å². The number of nitrogens with one attached hydrogen (secondary N) is 2. The fraction of sp³-hybridized carbons (Fsp3) is 0.182. The Kier molecular flexibility index (Phi) is 5.07. The standard InChI is InChI=1S/C11H9BrF2N2O/c1-2-3-15-6-11(17)16-10-4-7(12)8(13)5-9(10)14/h1,4-5,15H,3,6H2,(H,16,17). The smallest absolute Gasteiger partial charge is 0.238 e. The number of halogens is 3. The van der Waals surface area contributed by atoms with Gasteiger partial charge in [0.2, 0.25) is 5.91 Å². The monoisotopic (exact) mass is 302 g/mol. The van der Waals surface area contributed by atoms with Crippen LogP contribution in [0.2, 0.25) is 0 Å². The van der Waals surface area contributed by atoms with Crippen LogP contribution in [0.25, 0.3) is 0 Å². The van der Waals surface area contributed by atoms with E-state index in [0.717, 1.165) is 6.07 Å². The minimum Gasteiger partial charge on any atom is -0.322 e. The van der Waals surface area contributed by atoms with E-state index < -0.39 is 17.5 Å². The number of hydrogen-bond donors (Lipinski definition) is 2. The second kappa shape index (κ2) is 6.33. The van der Waals surface area contributed by atoms with Crippen molar-refractivity contribution in [1.29, 1.82) is 0 Å². The van der Waals surface area contributed by atoms with E-state index >= 15 is 0 Å². The maximum Gasteiger partial charge on any atom is 0.238 e. The number of carbonyl (C=O) groups excluding carboxylic acids is 1. The Morgan fingerprint density at radius 2 is 2.12 bits per heavy atom. The van der Waals surface area contributed by atoms with E-state index in [9.17, 15) is 13.6 Å². The van der Waals surface area contributed by atoms with Crippen molar-refractivity contribution >= 4 is 27.5 Å². The Bertz CT molecular complexity index is 471. The molecule has 2 N–H and O–H groups in total. The summed E-state index contributed by atoms with van der Waals surface area (Å²) in [7, 11) is 0. The van der Waals surface area contributed by atoms with Gasteiger partial charge in [-0.15, -0.1) is 6.42 Å². The van der Waals surface area contributed by atoms with E-state index in [1.165, 1.54) is 0 Å². The van der Waals surface area contributed by atoms with E-state index in [2.05, 4.69) is 32.5 Å². The first kappa shape index (κ1) is 13.6. The van der Waals surface area contributed by atoms with Gasteiger partial charge in [0, 0.05) is 6.07 Å². The van der Waals surface area contributed by atoms with Crippen molar-refractivity contribution in [3.05, 3.63) is 28.2 Å². The predicted octanol–water partition coefficient (Wildman–Crippen LogP) is 1.89. The maximum atomic E-state index is 13.3. The maximum absolute atomic E-state index is 13.3. The lowest BCUT2D eigenvalue weighted by Gasteiger charge is -2.07. The minimum atomic E-state index is -0.837. The Morgan fingerprint density at radius 1 is 1.41 bits per heavy atom. The van der Waals surface area contributed by atoms with E-state index in [1.807, 2.05) is 0 Å². The van der Waals surface area contributed by atoms with Crippen molar-refractivity contribution < 1.29 is 13.6 Å². The molecule has 0 fully saturated rings. The fourth-order valence-electron chi connectivity index (χ4n) is 1.06. The molecule has 1 aromatic carbocycles. The summed E-state index contributed by atoms with van der Waals surface area (Å²) in [5, 5.41) is 4.94.